The Morgan fingerprint density at radius 3 is 2.83 bits per heavy atom. The highest BCUT2D eigenvalue weighted by Gasteiger charge is 2.27. The molecule has 1 fully saturated rings. The Labute approximate surface area is 139 Å². The quantitative estimate of drug-likeness (QED) is 0.913. The van der Waals surface area contributed by atoms with E-state index in [0.29, 0.717) is 17.6 Å². The van der Waals surface area contributed by atoms with Crippen LogP contribution in [0, 0.1) is 17.6 Å². The first kappa shape index (κ1) is 16.8. The lowest BCUT2D eigenvalue weighted by atomic mass is 10.0. The summed E-state index contributed by atoms with van der Waals surface area (Å²) in [7, 11) is 0. The molecule has 0 bridgehead atoms. The van der Waals surface area contributed by atoms with Gasteiger partial charge in [-0.25, -0.2) is 13.8 Å². The van der Waals surface area contributed by atoms with Crippen molar-refractivity contribution in [3.8, 4) is 0 Å². The summed E-state index contributed by atoms with van der Waals surface area (Å²) < 4.78 is 34.1. The average Bonchev–Trinajstić information content (AvgIpc) is 3.17. The van der Waals surface area contributed by atoms with Crippen LogP contribution in [0.4, 0.5) is 8.78 Å². The van der Waals surface area contributed by atoms with Gasteiger partial charge >= 0.3 is 0 Å². The second-order valence-electron chi connectivity index (χ2n) is 6.48. The van der Waals surface area contributed by atoms with Gasteiger partial charge in [-0.3, -0.25) is 4.79 Å². The fourth-order valence-electron chi connectivity index (χ4n) is 3.12. The number of ether oxygens (including phenoxy) is 1. The van der Waals surface area contributed by atoms with E-state index in [0.717, 1.165) is 31.6 Å². The van der Waals surface area contributed by atoms with Gasteiger partial charge in [0.1, 0.15) is 6.04 Å². The van der Waals surface area contributed by atoms with Crippen LogP contribution in [0.5, 0.6) is 0 Å². The molecular formula is C17H21F2N3O2. The summed E-state index contributed by atoms with van der Waals surface area (Å²) in [6.07, 6.45) is 3.45. The molecule has 1 aliphatic rings. The Balaban J connectivity index is 1.85. The Kier molecular flexibility index (Phi) is 4.80. The number of halogens is 2. The Bertz CT molecular complexity index is 739. The first-order valence-electron chi connectivity index (χ1n) is 8.18. The Morgan fingerprint density at radius 1 is 1.42 bits per heavy atom. The SMILES string of the molecule is CC(C)[C@@H](C(=O)NC[C@@H]1CCCO1)n1cnc2cc(F)c(F)cc21. The highest BCUT2D eigenvalue weighted by Crippen LogP contribution is 2.25. The fraction of sp³-hybridized carbons (Fsp3) is 0.529. The third kappa shape index (κ3) is 3.26. The molecule has 0 radical (unpaired) electrons. The topological polar surface area (TPSA) is 56.1 Å². The number of aromatic nitrogens is 2. The van der Waals surface area contributed by atoms with E-state index in [9.17, 15) is 13.6 Å². The summed E-state index contributed by atoms with van der Waals surface area (Å²) in [4.78, 5) is 16.7. The summed E-state index contributed by atoms with van der Waals surface area (Å²) in [6.45, 7) is 4.99. The highest BCUT2D eigenvalue weighted by molar-refractivity contribution is 5.84. The first-order chi connectivity index (χ1) is 11.5. The molecule has 5 nitrogen and oxygen atoms in total. The normalized spacial score (nSPS) is 19.1. The molecule has 1 saturated heterocycles. The molecule has 1 aromatic carbocycles. The number of benzene rings is 1. The zero-order valence-corrected chi connectivity index (χ0v) is 13.8. The minimum absolute atomic E-state index is 0.0417. The van der Waals surface area contributed by atoms with Crippen LogP contribution in [-0.4, -0.2) is 34.7 Å². The molecule has 130 valence electrons. The zero-order valence-electron chi connectivity index (χ0n) is 13.8. The standard InChI is InChI=1S/C17H21F2N3O2/c1-10(2)16(17(23)20-8-11-4-3-5-24-11)22-9-21-14-6-12(18)13(19)7-15(14)22/h6-7,9-11,16H,3-5,8H2,1-2H3,(H,20,23)/t11-,16-/m0/s1. The van der Waals surface area contributed by atoms with Crippen LogP contribution >= 0.6 is 0 Å². The maximum Gasteiger partial charge on any atom is 0.243 e. The van der Waals surface area contributed by atoms with Crippen molar-refractivity contribution in [1.82, 2.24) is 14.9 Å². The second-order valence-corrected chi connectivity index (χ2v) is 6.48. The van der Waals surface area contributed by atoms with Gasteiger partial charge in [0.15, 0.2) is 11.6 Å². The van der Waals surface area contributed by atoms with Crippen molar-refractivity contribution >= 4 is 16.9 Å². The average molecular weight is 337 g/mol. The highest BCUT2D eigenvalue weighted by atomic mass is 19.2. The summed E-state index contributed by atoms with van der Waals surface area (Å²) in [5, 5.41) is 2.90. The van der Waals surface area contributed by atoms with Crippen LogP contribution in [0.1, 0.15) is 32.7 Å². The van der Waals surface area contributed by atoms with Gasteiger partial charge in [0, 0.05) is 25.3 Å². The van der Waals surface area contributed by atoms with Crippen molar-refractivity contribution in [3.05, 3.63) is 30.1 Å². The third-order valence-corrected chi connectivity index (χ3v) is 4.34. The van der Waals surface area contributed by atoms with Gasteiger partial charge in [-0.15, -0.1) is 0 Å². The van der Waals surface area contributed by atoms with Crippen LogP contribution in [0.25, 0.3) is 11.0 Å². The molecule has 2 aromatic rings. The maximum absolute atomic E-state index is 13.6. The van der Waals surface area contributed by atoms with Gasteiger partial charge in [0.25, 0.3) is 0 Å². The second kappa shape index (κ2) is 6.84. The third-order valence-electron chi connectivity index (χ3n) is 4.34. The van der Waals surface area contributed by atoms with Crippen LogP contribution in [-0.2, 0) is 9.53 Å². The van der Waals surface area contributed by atoms with E-state index in [1.165, 1.54) is 6.33 Å². The molecule has 1 amide bonds. The molecule has 0 unspecified atom stereocenters. The molecule has 0 spiro atoms. The molecule has 1 aromatic heterocycles. The number of hydrogen-bond acceptors (Lipinski definition) is 3. The van der Waals surface area contributed by atoms with Crippen LogP contribution in [0.3, 0.4) is 0 Å². The van der Waals surface area contributed by atoms with E-state index in [-0.39, 0.29) is 17.9 Å². The monoisotopic (exact) mass is 337 g/mol. The van der Waals surface area contributed by atoms with E-state index in [1.54, 1.807) is 4.57 Å². The lowest BCUT2D eigenvalue weighted by Crippen LogP contribution is -2.39. The number of carbonyl (C=O) groups is 1. The molecule has 1 aliphatic heterocycles. The molecule has 7 heteroatoms. The Hall–Kier alpha value is -2.02. The van der Waals surface area contributed by atoms with Gasteiger partial charge in [-0.2, -0.15) is 0 Å². The number of nitrogens with zero attached hydrogens (tertiary/aromatic N) is 2. The number of fused-ring (bicyclic) bond motifs is 1. The maximum atomic E-state index is 13.6. The van der Waals surface area contributed by atoms with E-state index in [4.69, 9.17) is 4.74 Å². The minimum Gasteiger partial charge on any atom is -0.376 e. The zero-order chi connectivity index (χ0) is 17.3. The summed E-state index contributed by atoms with van der Waals surface area (Å²) >= 11 is 0. The van der Waals surface area contributed by atoms with Gasteiger partial charge in [-0.05, 0) is 18.8 Å². The summed E-state index contributed by atoms with van der Waals surface area (Å²) in [6, 6.07) is 1.57. The van der Waals surface area contributed by atoms with Crippen molar-refractivity contribution in [2.75, 3.05) is 13.2 Å². The number of amides is 1. The van der Waals surface area contributed by atoms with E-state index >= 15 is 0 Å². The molecule has 0 aliphatic carbocycles. The van der Waals surface area contributed by atoms with Crippen molar-refractivity contribution in [1.29, 1.82) is 0 Å². The number of carbonyl (C=O) groups excluding carboxylic acids is 1. The van der Waals surface area contributed by atoms with Crippen molar-refractivity contribution in [2.24, 2.45) is 5.92 Å². The number of hydrogen-bond donors (Lipinski definition) is 1. The molecule has 3 rings (SSSR count). The van der Waals surface area contributed by atoms with Crippen molar-refractivity contribution in [3.63, 3.8) is 0 Å². The van der Waals surface area contributed by atoms with Crippen LogP contribution < -0.4 is 5.32 Å². The number of rotatable bonds is 5. The van der Waals surface area contributed by atoms with E-state index in [2.05, 4.69) is 10.3 Å². The predicted molar refractivity (Wildman–Crippen MR) is 85.5 cm³/mol. The van der Waals surface area contributed by atoms with Crippen LogP contribution in [0.2, 0.25) is 0 Å². The lowest BCUT2D eigenvalue weighted by molar-refractivity contribution is -0.126. The molecule has 1 N–H and O–H groups in total. The first-order valence-corrected chi connectivity index (χ1v) is 8.18. The lowest BCUT2D eigenvalue weighted by Gasteiger charge is -2.23. The Morgan fingerprint density at radius 2 is 2.17 bits per heavy atom. The smallest absolute Gasteiger partial charge is 0.243 e. The van der Waals surface area contributed by atoms with E-state index in [1.807, 2.05) is 13.8 Å². The van der Waals surface area contributed by atoms with Crippen molar-refractivity contribution < 1.29 is 18.3 Å². The number of imidazole rings is 1. The molecular weight excluding hydrogens is 316 g/mol. The molecule has 24 heavy (non-hydrogen) atoms. The van der Waals surface area contributed by atoms with E-state index < -0.39 is 17.7 Å². The van der Waals surface area contributed by atoms with Gasteiger partial charge in [0.2, 0.25) is 5.91 Å². The molecule has 2 heterocycles. The molecule has 2 atom stereocenters. The number of nitrogens with one attached hydrogen (secondary N) is 1. The predicted octanol–water partition coefficient (Wildman–Crippen LogP) is 2.81. The van der Waals surface area contributed by atoms with Gasteiger partial charge in [-0.1, -0.05) is 13.8 Å². The summed E-state index contributed by atoms with van der Waals surface area (Å²) in [5.41, 5.74) is 0.728. The minimum atomic E-state index is -0.952. The van der Waals surface area contributed by atoms with Crippen LogP contribution in [0.15, 0.2) is 18.5 Å². The largest absolute Gasteiger partial charge is 0.376 e. The van der Waals surface area contributed by atoms with Gasteiger partial charge < -0.3 is 14.6 Å². The van der Waals surface area contributed by atoms with Gasteiger partial charge in [0.05, 0.1) is 23.5 Å². The van der Waals surface area contributed by atoms with Crippen molar-refractivity contribution in [2.45, 2.75) is 38.8 Å². The molecule has 0 saturated carbocycles. The fourth-order valence-corrected chi connectivity index (χ4v) is 3.12. The summed E-state index contributed by atoms with van der Waals surface area (Å²) in [5.74, 6) is -2.12.